The van der Waals surface area contributed by atoms with E-state index in [-0.39, 0.29) is 5.91 Å². The highest BCUT2D eigenvalue weighted by Gasteiger charge is 2.21. The van der Waals surface area contributed by atoms with Crippen molar-refractivity contribution in [1.29, 1.82) is 0 Å². The first-order valence-corrected chi connectivity index (χ1v) is 9.84. The summed E-state index contributed by atoms with van der Waals surface area (Å²) < 4.78 is 6.61. The van der Waals surface area contributed by atoms with Crippen molar-refractivity contribution in [1.82, 2.24) is 10.2 Å². The summed E-state index contributed by atoms with van der Waals surface area (Å²) in [4.78, 5) is 18.4. The Morgan fingerprint density at radius 1 is 1.42 bits per heavy atom. The Balaban J connectivity index is 1.66. The molecule has 1 aromatic carbocycles. The Kier molecular flexibility index (Phi) is 8.38. The number of guanidine groups is 1. The molecular weight excluding hydrogens is 396 g/mol. The third-order valence-electron chi connectivity index (χ3n) is 4.30. The summed E-state index contributed by atoms with van der Waals surface area (Å²) in [5.74, 6) is 1.53. The molecule has 1 aliphatic carbocycles. The molecule has 1 fully saturated rings. The smallest absolute Gasteiger partial charge is 0.226 e. The third kappa shape index (κ3) is 7.33. The molecule has 26 heavy (non-hydrogen) atoms. The lowest BCUT2D eigenvalue weighted by Gasteiger charge is -2.22. The van der Waals surface area contributed by atoms with Crippen LogP contribution in [0.1, 0.15) is 24.8 Å². The minimum absolute atomic E-state index is 0.0235. The monoisotopic (exact) mass is 424 g/mol. The minimum Gasteiger partial charge on any atom is -0.379 e. The number of amides is 1. The van der Waals surface area contributed by atoms with Crippen LogP contribution in [0.5, 0.6) is 0 Å². The Morgan fingerprint density at radius 2 is 2.19 bits per heavy atom. The van der Waals surface area contributed by atoms with Gasteiger partial charge in [-0.25, -0.2) is 0 Å². The predicted molar refractivity (Wildman–Crippen MR) is 110 cm³/mol. The molecule has 0 bridgehead atoms. The fourth-order valence-electron chi connectivity index (χ4n) is 2.46. The molecule has 144 valence electrons. The fourth-order valence-corrected chi connectivity index (χ4v) is 2.82. The molecule has 0 atom stereocenters. The van der Waals surface area contributed by atoms with Crippen molar-refractivity contribution >= 4 is 33.5 Å². The molecule has 0 saturated heterocycles. The quantitative estimate of drug-likeness (QED) is 0.363. The summed E-state index contributed by atoms with van der Waals surface area (Å²) in [6.07, 6.45) is 2.98. The first-order valence-electron chi connectivity index (χ1n) is 9.05. The van der Waals surface area contributed by atoms with Crippen molar-refractivity contribution in [2.75, 3.05) is 45.7 Å². The molecular formula is C19H29BrN4O2. The zero-order valence-electron chi connectivity index (χ0n) is 15.8. The number of hydrogen-bond acceptors (Lipinski definition) is 3. The topological polar surface area (TPSA) is 66.0 Å². The number of nitrogens with zero attached hydrogens (tertiary/aromatic N) is 2. The SMILES string of the molecule is CN=C(NCCC(=O)Nc1cc(Br)ccc1C)N(C)CCOCC1CC1. The standard InChI is InChI=1S/C19H29BrN4O2/c1-14-4-7-16(20)12-17(14)23-18(25)8-9-22-19(21-2)24(3)10-11-26-13-15-5-6-15/h4,7,12,15H,5-6,8-11,13H2,1-3H3,(H,21,22)(H,23,25). The molecule has 0 aromatic heterocycles. The third-order valence-corrected chi connectivity index (χ3v) is 4.80. The Bertz CT molecular complexity index is 632. The first kappa shape index (κ1) is 20.7. The number of carbonyl (C=O) groups is 1. The molecule has 0 aliphatic heterocycles. The minimum atomic E-state index is -0.0235. The number of likely N-dealkylation sites (N-methyl/N-ethyl adjacent to an activating group) is 1. The molecule has 1 saturated carbocycles. The van der Waals surface area contributed by atoms with Gasteiger partial charge in [0.2, 0.25) is 5.91 Å². The van der Waals surface area contributed by atoms with Gasteiger partial charge in [0, 0.05) is 50.4 Å². The number of aliphatic imine (C=N–C) groups is 1. The molecule has 2 N–H and O–H groups in total. The maximum Gasteiger partial charge on any atom is 0.226 e. The van der Waals surface area contributed by atoms with Crippen LogP contribution in [0, 0.1) is 12.8 Å². The summed E-state index contributed by atoms with van der Waals surface area (Å²) in [6, 6.07) is 5.84. The van der Waals surface area contributed by atoms with Gasteiger partial charge in [-0.15, -0.1) is 0 Å². The molecule has 1 aliphatic rings. The summed E-state index contributed by atoms with van der Waals surface area (Å²) in [6.45, 7) is 4.84. The van der Waals surface area contributed by atoms with Gasteiger partial charge in [-0.05, 0) is 43.4 Å². The number of carbonyl (C=O) groups excluding carboxylic acids is 1. The first-order chi connectivity index (χ1) is 12.5. The maximum absolute atomic E-state index is 12.2. The highest BCUT2D eigenvalue weighted by atomic mass is 79.9. The lowest BCUT2D eigenvalue weighted by molar-refractivity contribution is -0.116. The number of aryl methyl sites for hydroxylation is 1. The number of anilines is 1. The van der Waals surface area contributed by atoms with Crippen LogP contribution in [-0.4, -0.2) is 57.2 Å². The van der Waals surface area contributed by atoms with Gasteiger partial charge in [-0.1, -0.05) is 22.0 Å². The van der Waals surface area contributed by atoms with Gasteiger partial charge in [0.05, 0.1) is 6.61 Å². The van der Waals surface area contributed by atoms with Crippen LogP contribution >= 0.6 is 15.9 Å². The van der Waals surface area contributed by atoms with Crippen molar-refractivity contribution in [2.24, 2.45) is 10.9 Å². The molecule has 0 unspecified atom stereocenters. The molecule has 2 rings (SSSR count). The lowest BCUT2D eigenvalue weighted by atomic mass is 10.2. The molecule has 0 radical (unpaired) electrons. The van der Waals surface area contributed by atoms with E-state index in [1.165, 1.54) is 12.8 Å². The van der Waals surface area contributed by atoms with Crippen LogP contribution in [0.2, 0.25) is 0 Å². The van der Waals surface area contributed by atoms with Crippen LogP contribution < -0.4 is 10.6 Å². The van der Waals surface area contributed by atoms with Crippen LogP contribution in [0.4, 0.5) is 5.69 Å². The van der Waals surface area contributed by atoms with Crippen molar-refractivity contribution in [3.05, 3.63) is 28.2 Å². The van der Waals surface area contributed by atoms with Gasteiger partial charge in [-0.2, -0.15) is 0 Å². The Hall–Kier alpha value is -1.60. The summed E-state index contributed by atoms with van der Waals surface area (Å²) in [5.41, 5.74) is 1.87. The van der Waals surface area contributed by atoms with Gasteiger partial charge in [0.15, 0.2) is 5.96 Å². The van der Waals surface area contributed by atoms with Crippen LogP contribution in [-0.2, 0) is 9.53 Å². The van der Waals surface area contributed by atoms with E-state index in [9.17, 15) is 4.79 Å². The van der Waals surface area contributed by atoms with Gasteiger partial charge in [0.1, 0.15) is 0 Å². The lowest BCUT2D eigenvalue weighted by Crippen LogP contribution is -2.41. The molecule has 7 heteroatoms. The van der Waals surface area contributed by atoms with E-state index in [1.54, 1.807) is 7.05 Å². The number of nitrogens with one attached hydrogen (secondary N) is 2. The second-order valence-corrected chi connectivity index (χ2v) is 7.59. The van der Waals surface area contributed by atoms with E-state index in [1.807, 2.05) is 37.1 Å². The number of halogens is 1. The van der Waals surface area contributed by atoms with Gasteiger partial charge in [-0.3, -0.25) is 9.79 Å². The largest absolute Gasteiger partial charge is 0.379 e. The van der Waals surface area contributed by atoms with Crippen LogP contribution in [0.25, 0.3) is 0 Å². The zero-order chi connectivity index (χ0) is 18.9. The van der Waals surface area contributed by atoms with Crippen molar-refractivity contribution < 1.29 is 9.53 Å². The van der Waals surface area contributed by atoms with Crippen molar-refractivity contribution in [3.8, 4) is 0 Å². The van der Waals surface area contributed by atoms with E-state index in [0.29, 0.717) is 19.6 Å². The van der Waals surface area contributed by atoms with E-state index in [2.05, 4.69) is 31.6 Å². The van der Waals surface area contributed by atoms with Gasteiger partial charge in [0.25, 0.3) is 0 Å². The molecule has 6 nitrogen and oxygen atoms in total. The van der Waals surface area contributed by atoms with E-state index >= 15 is 0 Å². The highest BCUT2D eigenvalue weighted by molar-refractivity contribution is 9.10. The highest BCUT2D eigenvalue weighted by Crippen LogP contribution is 2.28. The average Bonchev–Trinajstić information content (AvgIpc) is 3.43. The van der Waals surface area contributed by atoms with Gasteiger partial charge >= 0.3 is 0 Å². The molecule has 1 amide bonds. The Morgan fingerprint density at radius 3 is 2.88 bits per heavy atom. The summed E-state index contributed by atoms with van der Waals surface area (Å²) in [7, 11) is 3.72. The summed E-state index contributed by atoms with van der Waals surface area (Å²) >= 11 is 3.43. The normalized spacial score (nSPS) is 14.2. The number of ether oxygens (including phenoxy) is 1. The second kappa shape index (κ2) is 10.5. The predicted octanol–water partition coefficient (Wildman–Crippen LogP) is 3.02. The number of rotatable bonds is 9. The van der Waals surface area contributed by atoms with Crippen LogP contribution in [0.15, 0.2) is 27.7 Å². The molecule has 1 aromatic rings. The maximum atomic E-state index is 12.2. The second-order valence-electron chi connectivity index (χ2n) is 6.67. The van der Waals surface area contributed by atoms with E-state index in [4.69, 9.17) is 4.74 Å². The number of hydrogen-bond donors (Lipinski definition) is 2. The zero-order valence-corrected chi connectivity index (χ0v) is 17.4. The number of benzene rings is 1. The van der Waals surface area contributed by atoms with E-state index < -0.39 is 0 Å². The Labute approximate surface area is 164 Å². The molecule has 0 spiro atoms. The van der Waals surface area contributed by atoms with Gasteiger partial charge < -0.3 is 20.3 Å². The van der Waals surface area contributed by atoms with Crippen molar-refractivity contribution in [2.45, 2.75) is 26.2 Å². The van der Waals surface area contributed by atoms with Crippen LogP contribution in [0.3, 0.4) is 0 Å². The van der Waals surface area contributed by atoms with Crippen molar-refractivity contribution in [3.63, 3.8) is 0 Å². The molecule has 0 heterocycles. The average molecular weight is 425 g/mol. The van der Waals surface area contributed by atoms with E-state index in [0.717, 1.165) is 40.8 Å². The fraction of sp³-hybridized carbons (Fsp3) is 0.579. The summed E-state index contributed by atoms with van der Waals surface area (Å²) in [5, 5.41) is 6.17.